The van der Waals surface area contributed by atoms with Crippen molar-refractivity contribution in [3.05, 3.63) is 90.2 Å². The van der Waals surface area contributed by atoms with Crippen molar-refractivity contribution >= 4 is 27.5 Å². The second kappa shape index (κ2) is 10.7. The van der Waals surface area contributed by atoms with Gasteiger partial charge < -0.3 is 15.0 Å². The standard InChI is InChI=1S/C25H24FN3O5S/c26-21-11-5-7-13-23(21)35(32,33)29-16-14-28(15-17-29)24(30)18-34-22-12-6-4-10-20(22)25(31)27-19-8-2-1-3-9-19/h1-13H,14-18H2,(H,27,31). The van der Waals surface area contributed by atoms with Gasteiger partial charge in [-0.05, 0) is 36.4 Å². The number of carbonyl (C=O) groups is 2. The van der Waals surface area contributed by atoms with Gasteiger partial charge in [0.1, 0.15) is 16.5 Å². The summed E-state index contributed by atoms with van der Waals surface area (Å²) in [5, 5.41) is 2.78. The molecule has 1 aliphatic heterocycles. The zero-order valence-corrected chi connectivity index (χ0v) is 19.6. The molecule has 8 nitrogen and oxygen atoms in total. The van der Waals surface area contributed by atoms with Gasteiger partial charge in [0.2, 0.25) is 10.0 Å². The summed E-state index contributed by atoms with van der Waals surface area (Å²) in [7, 11) is -3.99. The van der Waals surface area contributed by atoms with E-state index in [1.807, 2.05) is 6.07 Å². The lowest BCUT2D eigenvalue weighted by Gasteiger charge is -2.34. The number of anilines is 1. The molecule has 0 aliphatic carbocycles. The number of carbonyl (C=O) groups excluding carboxylic acids is 2. The lowest BCUT2D eigenvalue weighted by molar-refractivity contribution is -0.134. The molecule has 2 amide bonds. The van der Waals surface area contributed by atoms with Gasteiger partial charge in [-0.15, -0.1) is 0 Å². The van der Waals surface area contributed by atoms with Crippen LogP contribution in [0.3, 0.4) is 0 Å². The molecule has 0 saturated carbocycles. The maximum atomic E-state index is 14.0. The van der Waals surface area contributed by atoms with Crippen LogP contribution in [0.15, 0.2) is 83.8 Å². The highest BCUT2D eigenvalue weighted by Gasteiger charge is 2.32. The second-order valence-electron chi connectivity index (χ2n) is 7.82. The Labute approximate surface area is 203 Å². The van der Waals surface area contributed by atoms with Crippen molar-refractivity contribution in [1.82, 2.24) is 9.21 Å². The summed E-state index contributed by atoms with van der Waals surface area (Å²) in [6, 6.07) is 20.8. The van der Waals surface area contributed by atoms with Crippen molar-refractivity contribution in [2.24, 2.45) is 0 Å². The lowest BCUT2D eigenvalue weighted by Crippen LogP contribution is -2.51. The van der Waals surface area contributed by atoms with Crippen LogP contribution in [0, 0.1) is 5.82 Å². The summed E-state index contributed by atoms with van der Waals surface area (Å²) in [5.41, 5.74) is 0.913. The number of halogens is 1. The Morgan fingerprint density at radius 3 is 2.20 bits per heavy atom. The molecule has 0 atom stereocenters. The van der Waals surface area contributed by atoms with E-state index >= 15 is 0 Å². The van der Waals surface area contributed by atoms with Crippen LogP contribution in [0.4, 0.5) is 10.1 Å². The Bertz CT molecular complexity index is 1310. The minimum Gasteiger partial charge on any atom is -0.483 e. The molecule has 0 spiro atoms. The van der Waals surface area contributed by atoms with E-state index in [4.69, 9.17) is 4.74 Å². The monoisotopic (exact) mass is 497 g/mol. The van der Waals surface area contributed by atoms with Crippen LogP contribution in [-0.2, 0) is 14.8 Å². The molecule has 0 unspecified atom stereocenters. The maximum Gasteiger partial charge on any atom is 0.260 e. The highest BCUT2D eigenvalue weighted by atomic mass is 32.2. The molecular formula is C25H24FN3O5S. The Morgan fingerprint density at radius 1 is 0.857 bits per heavy atom. The molecule has 0 bridgehead atoms. The predicted octanol–water partition coefficient (Wildman–Crippen LogP) is 2.99. The Kier molecular flexibility index (Phi) is 7.42. The van der Waals surface area contributed by atoms with Crippen molar-refractivity contribution < 1.29 is 27.1 Å². The number of piperazine rings is 1. The van der Waals surface area contributed by atoms with E-state index in [2.05, 4.69) is 5.32 Å². The third kappa shape index (κ3) is 5.67. The van der Waals surface area contributed by atoms with E-state index < -0.39 is 15.8 Å². The maximum absolute atomic E-state index is 14.0. The fourth-order valence-corrected chi connectivity index (χ4v) is 5.19. The number of ether oxygens (including phenoxy) is 1. The van der Waals surface area contributed by atoms with Crippen LogP contribution in [0.2, 0.25) is 0 Å². The molecule has 182 valence electrons. The number of para-hydroxylation sites is 2. The molecule has 1 aliphatic rings. The van der Waals surface area contributed by atoms with Gasteiger partial charge in [0.25, 0.3) is 11.8 Å². The topological polar surface area (TPSA) is 96.0 Å². The molecule has 1 fully saturated rings. The van der Waals surface area contributed by atoms with Gasteiger partial charge in [-0.25, -0.2) is 12.8 Å². The number of nitrogens with one attached hydrogen (secondary N) is 1. The van der Waals surface area contributed by atoms with Gasteiger partial charge in [0.15, 0.2) is 6.61 Å². The van der Waals surface area contributed by atoms with E-state index in [-0.39, 0.29) is 60.8 Å². The molecule has 0 aromatic heterocycles. The first-order valence-electron chi connectivity index (χ1n) is 11.0. The molecule has 3 aromatic rings. The van der Waals surface area contributed by atoms with Crippen molar-refractivity contribution in [3.63, 3.8) is 0 Å². The van der Waals surface area contributed by atoms with Crippen LogP contribution in [0.1, 0.15) is 10.4 Å². The van der Waals surface area contributed by atoms with Crippen LogP contribution in [0.5, 0.6) is 5.75 Å². The van der Waals surface area contributed by atoms with Gasteiger partial charge in [-0.3, -0.25) is 9.59 Å². The first kappa shape index (κ1) is 24.4. The molecule has 1 saturated heterocycles. The number of sulfonamides is 1. The van der Waals surface area contributed by atoms with Crippen molar-refractivity contribution in [2.45, 2.75) is 4.90 Å². The number of nitrogens with zero attached hydrogens (tertiary/aromatic N) is 2. The largest absolute Gasteiger partial charge is 0.483 e. The van der Waals surface area contributed by atoms with Gasteiger partial charge >= 0.3 is 0 Å². The van der Waals surface area contributed by atoms with Crippen LogP contribution in [0.25, 0.3) is 0 Å². The van der Waals surface area contributed by atoms with Gasteiger partial charge in [-0.2, -0.15) is 4.31 Å². The Hall–Kier alpha value is -3.76. The number of amides is 2. The van der Waals surface area contributed by atoms with E-state index in [9.17, 15) is 22.4 Å². The fourth-order valence-electron chi connectivity index (χ4n) is 3.70. The molecular weight excluding hydrogens is 473 g/mol. The van der Waals surface area contributed by atoms with E-state index in [0.29, 0.717) is 5.69 Å². The number of rotatable bonds is 7. The van der Waals surface area contributed by atoms with Gasteiger partial charge in [0, 0.05) is 31.9 Å². The second-order valence-corrected chi connectivity index (χ2v) is 9.73. The first-order valence-corrected chi connectivity index (χ1v) is 12.4. The molecule has 1 heterocycles. The summed E-state index contributed by atoms with van der Waals surface area (Å²) in [4.78, 5) is 26.5. The summed E-state index contributed by atoms with van der Waals surface area (Å²) in [5.74, 6) is -1.26. The fraction of sp³-hybridized carbons (Fsp3) is 0.200. The zero-order valence-electron chi connectivity index (χ0n) is 18.8. The smallest absolute Gasteiger partial charge is 0.260 e. The average molecular weight is 498 g/mol. The third-order valence-corrected chi connectivity index (χ3v) is 7.49. The minimum atomic E-state index is -3.99. The molecule has 0 radical (unpaired) electrons. The van der Waals surface area contributed by atoms with Crippen LogP contribution >= 0.6 is 0 Å². The summed E-state index contributed by atoms with van der Waals surface area (Å²) >= 11 is 0. The quantitative estimate of drug-likeness (QED) is 0.542. The van der Waals surface area contributed by atoms with Crippen LogP contribution in [-0.4, -0.2) is 62.2 Å². The molecule has 10 heteroatoms. The van der Waals surface area contributed by atoms with Crippen molar-refractivity contribution in [2.75, 3.05) is 38.1 Å². The van der Waals surface area contributed by atoms with Crippen LogP contribution < -0.4 is 10.1 Å². The van der Waals surface area contributed by atoms with Gasteiger partial charge in [-0.1, -0.05) is 42.5 Å². The summed E-state index contributed by atoms with van der Waals surface area (Å²) < 4.78 is 46.3. The minimum absolute atomic E-state index is 0.0402. The number of hydrogen-bond donors (Lipinski definition) is 1. The molecule has 1 N–H and O–H groups in total. The first-order chi connectivity index (χ1) is 16.9. The molecule has 3 aromatic carbocycles. The van der Waals surface area contributed by atoms with Gasteiger partial charge in [0.05, 0.1) is 5.56 Å². The normalized spacial score (nSPS) is 14.4. The van der Waals surface area contributed by atoms with Crippen molar-refractivity contribution in [3.8, 4) is 5.75 Å². The third-order valence-electron chi connectivity index (χ3n) is 5.56. The number of benzene rings is 3. The Balaban J connectivity index is 1.34. The number of hydrogen-bond acceptors (Lipinski definition) is 5. The van der Waals surface area contributed by atoms with E-state index in [0.717, 1.165) is 6.07 Å². The SMILES string of the molecule is O=C(Nc1ccccc1)c1ccccc1OCC(=O)N1CCN(S(=O)(=O)c2ccccc2F)CC1. The zero-order chi connectivity index (χ0) is 24.8. The average Bonchev–Trinajstić information content (AvgIpc) is 2.88. The summed E-state index contributed by atoms with van der Waals surface area (Å²) in [6.07, 6.45) is 0. The summed E-state index contributed by atoms with van der Waals surface area (Å²) in [6.45, 7) is 0.0602. The highest BCUT2D eigenvalue weighted by Crippen LogP contribution is 2.22. The lowest BCUT2D eigenvalue weighted by atomic mass is 10.2. The highest BCUT2D eigenvalue weighted by molar-refractivity contribution is 7.89. The Morgan fingerprint density at radius 2 is 1.49 bits per heavy atom. The van der Waals surface area contributed by atoms with Crippen molar-refractivity contribution in [1.29, 1.82) is 0 Å². The molecule has 4 rings (SSSR count). The van der Waals surface area contributed by atoms with E-state index in [1.165, 1.54) is 27.4 Å². The molecule has 35 heavy (non-hydrogen) atoms. The van der Waals surface area contributed by atoms with E-state index in [1.54, 1.807) is 48.5 Å². The predicted molar refractivity (Wildman–Crippen MR) is 128 cm³/mol.